The SMILES string of the molecule is COc1cccc(C=NNC(=O)c2nnn(-c3nonc3N)c2CSc2nncn2C)c1O. The number of hydrogen-bond acceptors (Lipinski definition) is 13. The predicted octanol–water partition coefficient (Wildman–Crippen LogP) is 0.131. The van der Waals surface area contributed by atoms with Gasteiger partial charge in [-0.25, -0.2) is 10.1 Å². The summed E-state index contributed by atoms with van der Waals surface area (Å²) in [6.07, 6.45) is 2.82. The average molecular weight is 471 g/mol. The van der Waals surface area contributed by atoms with E-state index in [1.54, 1.807) is 36.1 Å². The predicted molar refractivity (Wildman–Crippen MR) is 114 cm³/mol. The Bertz CT molecular complexity index is 1310. The first-order valence-corrected chi connectivity index (χ1v) is 10.2. The second kappa shape index (κ2) is 9.35. The molecule has 1 aromatic carbocycles. The fourth-order valence-electron chi connectivity index (χ4n) is 2.67. The number of para-hydroxylation sites is 1. The van der Waals surface area contributed by atoms with Gasteiger partial charge in [-0.05, 0) is 22.4 Å². The van der Waals surface area contributed by atoms with Gasteiger partial charge in [0.1, 0.15) is 6.33 Å². The highest BCUT2D eigenvalue weighted by atomic mass is 32.2. The number of methoxy groups -OCH3 is 1. The third-order valence-electron chi connectivity index (χ3n) is 4.30. The van der Waals surface area contributed by atoms with E-state index in [2.05, 4.69) is 46.0 Å². The summed E-state index contributed by atoms with van der Waals surface area (Å²) in [5.41, 5.74) is 8.80. The van der Waals surface area contributed by atoms with Crippen LogP contribution < -0.4 is 15.9 Å². The maximum absolute atomic E-state index is 12.8. The number of amides is 1. The highest BCUT2D eigenvalue weighted by Gasteiger charge is 2.24. The first-order chi connectivity index (χ1) is 16.0. The number of rotatable bonds is 8. The minimum absolute atomic E-state index is 0.0247. The lowest BCUT2D eigenvalue weighted by Gasteiger charge is -2.06. The number of aryl methyl sites for hydroxylation is 1. The van der Waals surface area contributed by atoms with E-state index in [4.69, 9.17) is 10.5 Å². The summed E-state index contributed by atoms with van der Waals surface area (Å²) >= 11 is 1.29. The molecular weight excluding hydrogens is 454 g/mol. The summed E-state index contributed by atoms with van der Waals surface area (Å²) in [5.74, 6) is -0.213. The van der Waals surface area contributed by atoms with Gasteiger partial charge in [-0.1, -0.05) is 23.0 Å². The molecule has 0 bridgehead atoms. The number of nitrogens with two attached hydrogens (primary N) is 1. The first-order valence-electron chi connectivity index (χ1n) is 9.18. The number of aromatic nitrogens is 8. The van der Waals surface area contributed by atoms with Gasteiger partial charge in [0, 0.05) is 18.4 Å². The number of benzene rings is 1. The molecule has 33 heavy (non-hydrogen) atoms. The molecule has 0 fully saturated rings. The van der Waals surface area contributed by atoms with E-state index in [9.17, 15) is 9.90 Å². The zero-order valence-corrected chi connectivity index (χ0v) is 18.1. The largest absolute Gasteiger partial charge is 0.504 e. The Morgan fingerprint density at radius 2 is 2.24 bits per heavy atom. The number of aromatic hydroxyl groups is 1. The second-order valence-corrected chi connectivity index (χ2v) is 7.32. The van der Waals surface area contributed by atoms with E-state index in [1.807, 2.05) is 0 Å². The minimum Gasteiger partial charge on any atom is -0.504 e. The maximum Gasteiger partial charge on any atom is 0.293 e. The summed E-state index contributed by atoms with van der Waals surface area (Å²) < 4.78 is 12.7. The summed E-state index contributed by atoms with van der Waals surface area (Å²) in [4.78, 5) is 12.8. The number of phenols is 1. The molecule has 0 aliphatic heterocycles. The molecule has 170 valence electrons. The Balaban J connectivity index is 1.58. The third kappa shape index (κ3) is 4.45. The van der Waals surface area contributed by atoms with Gasteiger partial charge in [-0.3, -0.25) is 4.79 Å². The molecule has 0 saturated heterocycles. The molecule has 4 aromatic rings. The number of nitrogens with one attached hydrogen (secondary N) is 1. The van der Waals surface area contributed by atoms with Gasteiger partial charge in [0.05, 0.1) is 19.0 Å². The fourth-order valence-corrected chi connectivity index (χ4v) is 3.55. The van der Waals surface area contributed by atoms with Crippen LogP contribution in [0.4, 0.5) is 5.82 Å². The van der Waals surface area contributed by atoms with E-state index >= 15 is 0 Å². The number of carbonyl (C=O) groups excluding carboxylic acids is 1. The van der Waals surface area contributed by atoms with Crippen LogP contribution in [0.5, 0.6) is 11.5 Å². The van der Waals surface area contributed by atoms with Crippen molar-refractivity contribution in [3.8, 4) is 17.3 Å². The monoisotopic (exact) mass is 471 g/mol. The van der Waals surface area contributed by atoms with Crippen LogP contribution in [0.3, 0.4) is 0 Å². The molecule has 0 atom stereocenters. The van der Waals surface area contributed by atoms with Crippen LogP contribution in [-0.4, -0.2) is 64.4 Å². The molecule has 0 radical (unpaired) electrons. The fraction of sp³-hybridized carbons (Fsp3) is 0.176. The molecule has 4 N–H and O–H groups in total. The van der Waals surface area contributed by atoms with Crippen molar-refractivity contribution in [1.82, 2.24) is 45.5 Å². The summed E-state index contributed by atoms with van der Waals surface area (Å²) in [6, 6.07) is 4.87. The number of hydrogen-bond donors (Lipinski definition) is 3. The van der Waals surface area contributed by atoms with Crippen LogP contribution in [-0.2, 0) is 12.8 Å². The smallest absolute Gasteiger partial charge is 0.293 e. The summed E-state index contributed by atoms with van der Waals surface area (Å²) in [5, 5.41) is 37.6. The van der Waals surface area contributed by atoms with Crippen LogP contribution in [0.1, 0.15) is 21.7 Å². The topological polar surface area (TPSA) is 197 Å². The van der Waals surface area contributed by atoms with Crippen LogP contribution in [0, 0.1) is 0 Å². The third-order valence-corrected chi connectivity index (χ3v) is 5.35. The molecule has 0 saturated carbocycles. The van der Waals surface area contributed by atoms with Crippen molar-refractivity contribution in [2.75, 3.05) is 12.8 Å². The summed E-state index contributed by atoms with van der Waals surface area (Å²) in [7, 11) is 3.21. The van der Waals surface area contributed by atoms with Crippen molar-refractivity contribution in [2.24, 2.45) is 12.1 Å². The van der Waals surface area contributed by atoms with Gasteiger partial charge in [-0.2, -0.15) is 9.78 Å². The number of phenolic OH excluding ortho intramolecular Hbond substituents is 1. The Hall–Kier alpha value is -4.47. The zero-order chi connectivity index (χ0) is 23.4. The molecular formula is C17H17N11O4S. The summed E-state index contributed by atoms with van der Waals surface area (Å²) in [6.45, 7) is 0. The average Bonchev–Trinajstić information content (AvgIpc) is 3.53. The van der Waals surface area contributed by atoms with Gasteiger partial charge in [0.15, 0.2) is 22.3 Å². The molecule has 16 heteroatoms. The van der Waals surface area contributed by atoms with Crippen LogP contribution in [0.25, 0.3) is 5.82 Å². The van der Waals surface area contributed by atoms with Crippen molar-refractivity contribution in [1.29, 1.82) is 0 Å². The van der Waals surface area contributed by atoms with Gasteiger partial charge >= 0.3 is 0 Å². The molecule has 0 aliphatic carbocycles. The lowest BCUT2D eigenvalue weighted by molar-refractivity contribution is 0.0949. The van der Waals surface area contributed by atoms with Gasteiger partial charge in [-0.15, -0.1) is 15.3 Å². The Morgan fingerprint density at radius 1 is 1.39 bits per heavy atom. The number of carbonyl (C=O) groups is 1. The Morgan fingerprint density at radius 3 is 2.94 bits per heavy atom. The molecule has 15 nitrogen and oxygen atoms in total. The van der Waals surface area contributed by atoms with Crippen molar-refractivity contribution in [2.45, 2.75) is 10.9 Å². The minimum atomic E-state index is -0.650. The lowest BCUT2D eigenvalue weighted by atomic mass is 10.2. The molecule has 0 aliphatic rings. The Labute approximate surface area is 189 Å². The number of ether oxygens (including phenoxy) is 1. The van der Waals surface area contributed by atoms with E-state index < -0.39 is 5.91 Å². The molecule has 1 amide bonds. The van der Waals surface area contributed by atoms with E-state index in [-0.39, 0.29) is 34.6 Å². The van der Waals surface area contributed by atoms with E-state index in [0.717, 1.165) is 0 Å². The van der Waals surface area contributed by atoms with Gasteiger partial charge < -0.3 is 20.1 Å². The van der Waals surface area contributed by atoms with E-state index in [0.29, 0.717) is 16.4 Å². The number of nitrogens with zero attached hydrogens (tertiary/aromatic N) is 9. The van der Waals surface area contributed by atoms with Crippen molar-refractivity contribution in [3.63, 3.8) is 0 Å². The van der Waals surface area contributed by atoms with Crippen LogP contribution in [0.2, 0.25) is 0 Å². The molecule has 3 aromatic heterocycles. The number of nitrogen functional groups attached to an aromatic ring is 1. The highest BCUT2D eigenvalue weighted by molar-refractivity contribution is 7.98. The van der Waals surface area contributed by atoms with Crippen LogP contribution in [0.15, 0.2) is 39.4 Å². The van der Waals surface area contributed by atoms with Gasteiger partial charge in [0.2, 0.25) is 11.6 Å². The molecule has 4 rings (SSSR count). The number of hydrazone groups is 1. The number of anilines is 1. The second-order valence-electron chi connectivity index (χ2n) is 6.38. The highest BCUT2D eigenvalue weighted by Crippen LogP contribution is 2.28. The number of thioether (sulfide) groups is 1. The van der Waals surface area contributed by atoms with Crippen molar-refractivity contribution >= 4 is 29.7 Å². The normalized spacial score (nSPS) is 11.2. The first kappa shape index (κ1) is 21.8. The lowest BCUT2D eigenvalue weighted by Crippen LogP contribution is -2.20. The van der Waals surface area contributed by atoms with Gasteiger partial charge in [0.25, 0.3) is 5.91 Å². The standard InChI is InChI=1S/C17H17N11O4S/c1-27-8-20-23-17(27)33-7-10-12(21-26-28(10)15-14(18)24-32-25-15)16(30)22-19-6-9-4-3-5-11(31-2)13(9)29/h3-6,8,29H,7H2,1-2H3,(H2,18,24)(H,22,30). The van der Waals surface area contributed by atoms with Crippen molar-refractivity contribution in [3.05, 3.63) is 41.5 Å². The molecule has 0 unspecified atom stereocenters. The van der Waals surface area contributed by atoms with Crippen molar-refractivity contribution < 1.29 is 19.3 Å². The van der Waals surface area contributed by atoms with E-state index in [1.165, 1.54) is 29.8 Å². The quantitative estimate of drug-likeness (QED) is 0.179. The van der Waals surface area contributed by atoms with Crippen LogP contribution >= 0.6 is 11.8 Å². The molecule has 0 spiro atoms. The Kier molecular flexibility index (Phi) is 6.16. The molecule has 3 heterocycles. The maximum atomic E-state index is 12.8. The zero-order valence-electron chi connectivity index (χ0n) is 17.3.